The van der Waals surface area contributed by atoms with Crippen molar-refractivity contribution in [2.75, 3.05) is 12.9 Å². The highest BCUT2D eigenvalue weighted by molar-refractivity contribution is 8.00. The lowest BCUT2D eigenvalue weighted by Gasteiger charge is -2.34. The molecule has 0 aromatic heterocycles. The molecule has 0 aliphatic carbocycles. The number of carbonyl (C=O) groups excluding carboxylic acids is 6. The molecular formula is C38H55N7O7S. The van der Waals surface area contributed by atoms with Gasteiger partial charge in [-0.3, -0.25) is 39.5 Å². The van der Waals surface area contributed by atoms with Crippen molar-refractivity contribution in [2.24, 2.45) is 11.8 Å². The van der Waals surface area contributed by atoms with Gasteiger partial charge in [-0.05, 0) is 50.3 Å². The highest BCUT2D eigenvalue weighted by atomic mass is 32.2. The molecular weight excluding hydrogens is 699 g/mol. The maximum absolute atomic E-state index is 14.2. The number of hydrazine groups is 1. The second-order valence-electron chi connectivity index (χ2n) is 14.5. The fraction of sp³-hybridized carbons (Fsp3) is 0.526. The Morgan fingerprint density at radius 2 is 1.34 bits per heavy atom. The SMILES string of the molecule is CNN[C@H](C(=O)NC(=O)[C@H]1N(C(=O)[C@@H](O)[C@H](Cc2ccccc2)NC(=O)[C@@H](NC(=O)[C@H](Cc2ccccc2)NC(C)=O)C(C)C)CSC1(C)C)C(C)C. The van der Waals surface area contributed by atoms with Gasteiger partial charge in [0, 0.05) is 18.1 Å². The van der Waals surface area contributed by atoms with Gasteiger partial charge in [0.05, 0.1) is 11.9 Å². The average Bonchev–Trinajstić information content (AvgIpc) is 3.43. The third-order valence-electron chi connectivity index (χ3n) is 9.06. The van der Waals surface area contributed by atoms with Crippen molar-refractivity contribution in [1.82, 2.24) is 37.0 Å². The number of aliphatic hydroxyl groups is 1. The van der Waals surface area contributed by atoms with E-state index in [1.807, 2.05) is 50.2 Å². The highest BCUT2D eigenvalue weighted by Gasteiger charge is 2.50. The van der Waals surface area contributed by atoms with Crippen LogP contribution in [-0.2, 0) is 41.6 Å². The molecule has 6 amide bonds. The Kier molecular flexibility index (Phi) is 16.0. The van der Waals surface area contributed by atoms with Crippen LogP contribution in [0.3, 0.4) is 0 Å². The smallest absolute Gasteiger partial charge is 0.254 e. The van der Waals surface area contributed by atoms with E-state index in [0.717, 1.165) is 11.1 Å². The van der Waals surface area contributed by atoms with Crippen LogP contribution in [0.4, 0.5) is 0 Å². The number of thioether (sulfide) groups is 1. The van der Waals surface area contributed by atoms with Crippen LogP contribution in [0, 0.1) is 11.8 Å². The fourth-order valence-electron chi connectivity index (χ4n) is 6.19. The summed E-state index contributed by atoms with van der Waals surface area (Å²) in [6.45, 7) is 12.0. The largest absolute Gasteiger partial charge is 0.381 e. The summed E-state index contributed by atoms with van der Waals surface area (Å²) in [5.74, 6) is -4.22. The monoisotopic (exact) mass is 753 g/mol. The Morgan fingerprint density at radius 1 is 0.792 bits per heavy atom. The third kappa shape index (κ3) is 12.1. The summed E-state index contributed by atoms with van der Waals surface area (Å²) in [4.78, 5) is 81.7. The minimum atomic E-state index is -1.80. The molecule has 15 heteroatoms. The molecule has 0 bridgehead atoms. The van der Waals surface area contributed by atoms with Crippen LogP contribution >= 0.6 is 11.8 Å². The molecule has 7 N–H and O–H groups in total. The first-order valence-electron chi connectivity index (χ1n) is 17.8. The van der Waals surface area contributed by atoms with Gasteiger partial charge in [-0.15, -0.1) is 11.8 Å². The van der Waals surface area contributed by atoms with Gasteiger partial charge in [-0.1, -0.05) is 88.4 Å². The lowest BCUT2D eigenvalue weighted by atomic mass is 9.95. The van der Waals surface area contributed by atoms with Gasteiger partial charge in [0.15, 0.2) is 6.10 Å². The number of aliphatic hydroxyl groups excluding tert-OH is 1. The molecule has 1 aliphatic heterocycles. The number of amides is 6. The minimum absolute atomic E-state index is 0.0479. The maximum atomic E-state index is 14.2. The standard InChI is InChI=1S/C38H55N7O7S/c1-22(2)29(42-33(48)28(40-24(5)46)20-26-17-13-10-14-18-26)34(49)41-27(19-25-15-11-9-12-16-25)31(47)37(52)45-21-53-38(6,7)32(45)36(51)43-35(50)30(23(3)4)44-39-8/h9-18,22-23,27-32,39,44,47H,19-21H2,1-8H3,(H,40,46)(H,41,49)(H,42,48)(H,43,50,51)/t27-,28-,29-,30-,31-,32+/m0/s1. The Morgan fingerprint density at radius 3 is 1.85 bits per heavy atom. The molecule has 290 valence electrons. The number of benzene rings is 2. The number of nitrogens with zero attached hydrogens (tertiary/aromatic N) is 1. The second-order valence-corrected chi connectivity index (χ2v) is 16.1. The van der Waals surface area contributed by atoms with E-state index in [-0.39, 0.29) is 24.6 Å². The summed E-state index contributed by atoms with van der Waals surface area (Å²) in [7, 11) is 1.61. The quantitative estimate of drug-likeness (QED) is 0.115. The molecule has 1 heterocycles. The number of rotatable bonds is 17. The lowest BCUT2D eigenvalue weighted by Crippen LogP contribution is -2.62. The van der Waals surface area contributed by atoms with Crippen LogP contribution in [0.1, 0.15) is 59.6 Å². The molecule has 3 rings (SSSR count). The molecule has 1 fully saturated rings. The minimum Gasteiger partial charge on any atom is -0.381 e. The van der Waals surface area contributed by atoms with E-state index in [1.165, 1.54) is 23.6 Å². The van der Waals surface area contributed by atoms with E-state index in [9.17, 15) is 33.9 Å². The van der Waals surface area contributed by atoms with Gasteiger partial charge in [0.25, 0.3) is 11.8 Å². The molecule has 0 radical (unpaired) electrons. The molecule has 0 unspecified atom stereocenters. The fourth-order valence-corrected chi connectivity index (χ4v) is 7.33. The van der Waals surface area contributed by atoms with Gasteiger partial charge in [-0.2, -0.15) is 0 Å². The van der Waals surface area contributed by atoms with Crippen LogP contribution in [0.5, 0.6) is 0 Å². The van der Waals surface area contributed by atoms with Crippen molar-refractivity contribution < 1.29 is 33.9 Å². The molecule has 2 aromatic carbocycles. The predicted molar refractivity (Wildman–Crippen MR) is 204 cm³/mol. The van der Waals surface area contributed by atoms with E-state index in [4.69, 9.17) is 0 Å². The zero-order valence-corrected chi connectivity index (χ0v) is 32.6. The van der Waals surface area contributed by atoms with Gasteiger partial charge < -0.3 is 26.0 Å². The normalized spacial score (nSPS) is 18.0. The number of hydrogen-bond donors (Lipinski definition) is 7. The second kappa shape index (κ2) is 19.7. The van der Waals surface area contributed by atoms with E-state index in [0.29, 0.717) is 0 Å². The number of hydrogen-bond acceptors (Lipinski definition) is 10. The molecule has 53 heavy (non-hydrogen) atoms. The van der Waals surface area contributed by atoms with Gasteiger partial charge in [0.2, 0.25) is 23.6 Å². The zero-order valence-electron chi connectivity index (χ0n) is 31.8. The molecule has 14 nitrogen and oxygen atoms in total. The predicted octanol–water partition coefficient (Wildman–Crippen LogP) is 1.03. The summed E-state index contributed by atoms with van der Waals surface area (Å²) < 4.78 is -0.821. The lowest BCUT2D eigenvalue weighted by molar-refractivity contribution is -0.149. The first kappa shape index (κ1) is 43.1. The summed E-state index contributed by atoms with van der Waals surface area (Å²) in [5, 5.41) is 22.4. The zero-order chi connectivity index (χ0) is 39.5. The first-order valence-corrected chi connectivity index (χ1v) is 18.8. The van der Waals surface area contributed by atoms with Gasteiger partial charge in [0.1, 0.15) is 24.2 Å². The summed E-state index contributed by atoms with van der Waals surface area (Å²) >= 11 is 1.32. The molecule has 1 aliphatic rings. The third-order valence-corrected chi connectivity index (χ3v) is 10.4. The van der Waals surface area contributed by atoms with Crippen molar-refractivity contribution in [3.63, 3.8) is 0 Å². The Labute approximate surface area is 316 Å². The maximum Gasteiger partial charge on any atom is 0.254 e. The molecule has 0 saturated carbocycles. The van der Waals surface area contributed by atoms with Crippen molar-refractivity contribution in [2.45, 2.75) is 102 Å². The van der Waals surface area contributed by atoms with Crippen LogP contribution in [0.15, 0.2) is 60.7 Å². The van der Waals surface area contributed by atoms with E-state index >= 15 is 0 Å². The van der Waals surface area contributed by atoms with Gasteiger partial charge in [-0.25, -0.2) is 5.43 Å². The van der Waals surface area contributed by atoms with Crippen molar-refractivity contribution in [1.29, 1.82) is 0 Å². The molecule has 2 aromatic rings. The van der Waals surface area contributed by atoms with Crippen molar-refractivity contribution in [3.8, 4) is 0 Å². The molecule has 1 saturated heterocycles. The Balaban J connectivity index is 1.87. The van der Waals surface area contributed by atoms with Crippen LogP contribution in [0.25, 0.3) is 0 Å². The molecule has 0 spiro atoms. The highest BCUT2D eigenvalue weighted by Crippen LogP contribution is 2.40. The Hall–Kier alpha value is -4.31. The average molecular weight is 754 g/mol. The summed E-state index contributed by atoms with van der Waals surface area (Å²) in [6, 6.07) is 13.0. The summed E-state index contributed by atoms with van der Waals surface area (Å²) in [6.07, 6.45) is -1.56. The van der Waals surface area contributed by atoms with Crippen molar-refractivity contribution >= 4 is 47.2 Å². The topological polar surface area (TPSA) is 198 Å². The van der Waals surface area contributed by atoms with Crippen LogP contribution in [-0.4, -0.2) is 99.4 Å². The van der Waals surface area contributed by atoms with Crippen molar-refractivity contribution in [3.05, 3.63) is 71.8 Å². The van der Waals surface area contributed by atoms with E-state index < -0.39 is 82.4 Å². The summed E-state index contributed by atoms with van der Waals surface area (Å²) in [5.41, 5.74) is 7.09. The number of carbonyl (C=O) groups is 6. The number of imide groups is 1. The van der Waals surface area contributed by atoms with E-state index in [2.05, 4.69) is 32.1 Å². The molecule has 6 atom stereocenters. The van der Waals surface area contributed by atoms with E-state index in [1.54, 1.807) is 59.0 Å². The van der Waals surface area contributed by atoms with Crippen LogP contribution in [0.2, 0.25) is 0 Å². The van der Waals surface area contributed by atoms with Crippen LogP contribution < -0.4 is 32.1 Å². The number of nitrogens with one attached hydrogen (secondary N) is 6. The Bertz CT molecular complexity index is 1570. The van der Waals surface area contributed by atoms with Gasteiger partial charge >= 0.3 is 0 Å². The first-order chi connectivity index (χ1) is 25.0.